The second-order valence-corrected chi connectivity index (χ2v) is 5.15. The summed E-state index contributed by atoms with van der Waals surface area (Å²) in [6.07, 6.45) is 1.93. The number of phenolic OH excluding ortho intramolecular Hbond substituents is 2. The normalized spacial score (nSPS) is 9.86. The van der Waals surface area contributed by atoms with Crippen LogP contribution in [0.25, 0.3) is 0 Å². The van der Waals surface area contributed by atoms with Gasteiger partial charge >= 0.3 is 11.9 Å². The van der Waals surface area contributed by atoms with Crippen molar-refractivity contribution in [1.29, 1.82) is 0 Å². The number of aromatic hydroxyl groups is 2. The highest BCUT2D eigenvalue weighted by Gasteiger charge is 2.13. The minimum absolute atomic E-state index is 0.00251. The maximum absolute atomic E-state index is 11.2. The second-order valence-electron chi connectivity index (χ2n) is 5.15. The molecule has 2 aromatic rings. The van der Waals surface area contributed by atoms with Gasteiger partial charge in [0.25, 0.3) is 0 Å². The summed E-state index contributed by atoms with van der Waals surface area (Å²) in [5.74, 6) is -2.12. The third kappa shape index (κ3) is 5.28. The molecule has 0 unspecified atom stereocenters. The molecule has 0 spiro atoms. The van der Waals surface area contributed by atoms with Crippen LogP contribution >= 0.6 is 0 Å². The van der Waals surface area contributed by atoms with Crippen LogP contribution in [-0.2, 0) is 9.59 Å². The molecule has 0 saturated carbocycles. The lowest BCUT2D eigenvalue weighted by atomic mass is 10.3. The molecule has 2 N–H and O–H groups in total. The molecule has 8 heteroatoms. The van der Waals surface area contributed by atoms with Gasteiger partial charge in [-0.1, -0.05) is 25.3 Å². The maximum Gasteiger partial charge on any atom is 0.335 e. The summed E-state index contributed by atoms with van der Waals surface area (Å²) in [4.78, 5) is 22.5. The number of phenols is 2. The zero-order chi connectivity index (χ0) is 20.5. The van der Waals surface area contributed by atoms with Gasteiger partial charge < -0.3 is 29.2 Å². The van der Waals surface area contributed by atoms with Crippen molar-refractivity contribution in [1.82, 2.24) is 0 Å². The van der Waals surface area contributed by atoms with E-state index in [2.05, 4.69) is 13.2 Å². The van der Waals surface area contributed by atoms with Crippen molar-refractivity contribution in [2.75, 3.05) is 13.2 Å². The molecule has 2 aromatic carbocycles. The summed E-state index contributed by atoms with van der Waals surface area (Å²) in [6.45, 7) is 6.56. The average Bonchev–Trinajstić information content (AvgIpc) is 2.70. The molecule has 2 rings (SSSR count). The smallest absolute Gasteiger partial charge is 0.335 e. The first-order valence-corrected chi connectivity index (χ1v) is 8.04. The monoisotopic (exact) mass is 386 g/mol. The molecule has 0 radical (unpaired) electrons. The first kappa shape index (κ1) is 20.4. The number of carbonyl (C=O) groups is 2. The maximum atomic E-state index is 11.2. The molecule has 0 atom stereocenters. The fraction of sp³-hybridized carbons (Fsp3) is 0.100. The highest BCUT2D eigenvalue weighted by molar-refractivity contribution is 5.84. The van der Waals surface area contributed by atoms with Crippen LogP contribution in [0.4, 0.5) is 0 Å². The summed E-state index contributed by atoms with van der Waals surface area (Å²) >= 11 is 0. The zero-order valence-electron chi connectivity index (χ0n) is 14.8. The average molecular weight is 386 g/mol. The third-order valence-corrected chi connectivity index (χ3v) is 3.28. The van der Waals surface area contributed by atoms with Crippen molar-refractivity contribution >= 4 is 11.9 Å². The second kappa shape index (κ2) is 9.67. The molecule has 0 fully saturated rings. The van der Waals surface area contributed by atoms with E-state index in [4.69, 9.17) is 18.9 Å². The van der Waals surface area contributed by atoms with Crippen molar-refractivity contribution in [3.05, 3.63) is 61.7 Å². The van der Waals surface area contributed by atoms with E-state index in [1.54, 1.807) is 0 Å². The van der Waals surface area contributed by atoms with Crippen LogP contribution in [0, 0.1) is 0 Å². The van der Waals surface area contributed by atoms with Crippen LogP contribution in [0.2, 0.25) is 0 Å². The van der Waals surface area contributed by atoms with Gasteiger partial charge in [0.1, 0.15) is 13.2 Å². The Morgan fingerprint density at radius 1 is 0.750 bits per heavy atom. The lowest BCUT2D eigenvalue weighted by molar-refractivity contribution is -0.130. The molecule has 0 aliphatic rings. The molecule has 0 bridgehead atoms. The molecule has 146 valence electrons. The molecule has 0 aliphatic carbocycles. The van der Waals surface area contributed by atoms with Gasteiger partial charge in [-0.2, -0.15) is 0 Å². The first-order chi connectivity index (χ1) is 13.5. The lowest BCUT2D eigenvalue weighted by Crippen LogP contribution is -2.10. The van der Waals surface area contributed by atoms with Gasteiger partial charge in [0.2, 0.25) is 11.5 Å². The molecular formula is C20H18O8. The Hall–Kier alpha value is -3.94. The van der Waals surface area contributed by atoms with Crippen molar-refractivity contribution in [3.63, 3.8) is 0 Å². The summed E-state index contributed by atoms with van der Waals surface area (Å²) in [5, 5.41) is 20.1. The van der Waals surface area contributed by atoms with Crippen molar-refractivity contribution < 1.29 is 38.7 Å². The molecule has 0 aromatic heterocycles. The van der Waals surface area contributed by atoms with Gasteiger partial charge in [-0.25, -0.2) is 9.59 Å². The summed E-state index contributed by atoms with van der Waals surface area (Å²) in [7, 11) is 0. The summed E-state index contributed by atoms with van der Waals surface area (Å²) in [6, 6.07) is 8.82. The number of carbonyl (C=O) groups excluding carboxylic acids is 2. The van der Waals surface area contributed by atoms with E-state index in [9.17, 15) is 19.8 Å². The molecule has 28 heavy (non-hydrogen) atoms. The number of para-hydroxylation sites is 2. The van der Waals surface area contributed by atoms with E-state index >= 15 is 0 Å². The van der Waals surface area contributed by atoms with E-state index in [0.717, 1.165) is 12.2 Å². The first-order valence-electron chi connectivity index (χ1n) is 8.04. The van der Waals surface area contributed by atoms with E-state index in [1.165, 1.54) is 36.4 Å². The minimum atomic E-state index is -0.719. The number of benzene rings is 2. The quantitative estimate of drug-likeness (QED) is 0.293. The van der Waals surface area contributed by atoms with Crippen LogP contribution in [0.5, 0.6) is 34.5 Å². The van der Waals surface area contributed by atoms with E-state index in [-0.39, 0.29) is 47.7 Å². The Balaban J connectivity index is 1.95. The molecule has 0 heterocycles. The molecule has 0 amide bonds. The predicted molar refractivity (Wildman–Crippen MR) is 98.9 cm³/mol. The standard InChI is InChI=1S/C20H18O8/c1-3-17(21)27-15-9-5-7-13(19(15)23)25-11-12-26-14-8-6-10-16(20(14)24)28-18(22)4-2/h3-10,23-24H,1-2,11-12H2. The van der Waals surface area contributed by atoms with E-state index < -0.39 is 11.9 Å². The van der Waals surface area contributed by atoms with Gasteiger partial charge in [-0.3, -0.25) is 0 Å². The van der Waals surface area contributed by atoms with E-state index in [0.29, 0.717) is 0 Å². The van der Waals surface area contributed by atoms with Crippen molar-refractivity contribution in [2.45, 2.75) is 0 Å². The minimum Gasteiger partial charge on any atom is -0.502 e. The highest BCUT2D eigenvalue weighted by atomic mass is 16.6. The number of hydrogen-bond acceptors (Lipinski definition) is 8. The number of hydrogen-bond donors (Lipinski definition) is 2. The van der Waals surface area contributed by atoms with Gasteiger partial charge in [0.15, 0.2) is 23.0 Å². The Morgan fingerprint density at radius 2 is 1.11 bits per heavy atom. The Morgan fingerprint density at radius 3 is 1.46 bits per heavy atom. The Labute approximate surface area is 160 Å². The van der Waals surface area contributed by atoms with Crippen LogP contribution in [0.1, 0.15) is 0 Å². The predicted octanol–water partition coefficient (Wildman–Crippen LogP) is 2.74. The van der Waals surface area contributed by atoms with Crippen LogP contribution in [0.3, 0.4) is 0 Å². The topological polar surface area (TPSA) is 112 Å². The van der Waals surface area contributed by atoms with Crippen LogP contribution in [0.15, 0.2) is 61.7 Å². The number of esters is 2. The summed E-state index contributed by atoms with van der Waals surface area (Å²) in [5.41, 5.74) is 0. The third-order valence-electron chi connectivity index (χ3n) is 3.28. The van der Waals surface area contributed by atoms with Crippen LogP contribution in [-0.4, -0.2) is 35.4 Å². The molecule has 8 nitrogen and oxygen atoms in total. The Bertz CT molecular complexity index is 814. The number of ether oxygens (including phenoxy) is 4. The van der Waals surface area contributed by atoms with Crippen molar-refractivity contribution in [3.8, 4) is 34.5 Å². The fourth-order valence-electron chi connectivity index (χ4n) is 2.01. The summed E-state index contributed by atoms with van der Waals surface area (Å²) < 4.78 is 20.5. The number of rotatable bonds is 9. The van der Waals surface area contributed by atoms with E-state index in [1.807, 2.05) is 0 Å². The molecule has 0 saturated heterocycles. The van der Waals surface area contributed by atoms with Gasteiger partial charge in [0, 0.05) is 12.2 Å². The SMILES string of the molecule is C=CC(=O)Oc1cccc(OCCOc2cccc(OC(=O)C=C)c2O)c1O. The highest BCUT2D eigenvalue weighted by Crippen LogP contribution is 2.37. The van der Waals surface area contributed by atoms with Crippen molar-refractivity contribution in [2.24, 2.45) is 0 Å². The zero-order valence-corrected chi connectivity index (χ0v) is 14.8. The lowest BCUT2D eigenvalue weighted by Gasteiger charge is -2.13. The molecular weight excluding hydrogens is 368 g/mol. The van der Waals surface area contributed by atoms with Gasteiger partial charge in [0.05, 0.1) is 0 Å². The molecule has 0 aliphatic heterocycles. The van der Waals surface area contributed by atoms with Gasteiger partial charge in [-0.15, -0.1) is 0 Å². The largest absolute Gasteiger partial charge is 0.502 e. The van der Waals surface area contributed by atoms with Gasteiger partial charge in [-0.05, 0) is 24.3 Å². The fourth-order valence-corrected chi connectivity index (χ4v) is 2.01. The van der Waals surface area contributed by atoms with Crippen LogP contribution < -0.4 is 18.9 Å². The Kier molecular flexibility index (Phi) is 7.04.